The van der Waals surface area contributed by atoms with Gasteiger partial charge < -0.3 is 10.4 Å². The molecule has 0 heterocycles. The number of hydrogen-bond donors (Lipinski definition) is 2. The van der Waals surface area contributed by atoms with E-state index in [9.17, 15) is 9.90 Å². The Bertz CT molecular complexity index is 260. The molecule has 0 amide bonds. The Labute approximate surface area is 115 Å². The fraction of sp³-hybridized carbons (Fsp3) is 0.929. The van der Waals surface area contributed by atoms with Crippen LogP contribution in [0.25, 0.3) is 0 Å². The van der Waals surface area contributed by atoms with Crippen molar-refractivity contribution in [2.24, 2.45) is 5.92 Å². The molecule has 0 bridgehead atoms. The van der Waals surface area contributed by atoms with Gasteiger partial charge in [-0.2, -0.15) is 11.8 Å². The Morgan fingerprint density at radius 3 is 2.83 bits per heavy atom. The number of likely N-dealkylation sites (N-methyl/N-ethyl adjacent to an activating group) is 1. The minimum absolute atomic E-state index is 0.304. The van der Waals surface area contributed by atoms with Gasteiger partial charge in [0.1, 0.15) is 5.54 Å². The standard InChI is InChI=1S/C14H27NO2S/c1-3-4-5-10-18-11-8-12-7-6-9-14(12,15-2)13(16)17/h12,15H,3-11H2,1-2H3,(H,16,17). The molecule has 1 aliphatic carbocycles. The van der Waals surface area contributed by atoms with Gasteiger partial charge in [0.2, 0.25) is 0 Å². The largest absolute Gasteiger partial charge is 0.480 e. The van der Waals surface area contributed by atoms with E-state index in [0.717, 1.165) is 31.4 Å². The molecule has 0 spiro atoms. The molecule has 0 saturated heterocycles. The number of carboxylic acids is 1. The van der Waals surface area contributed by atoms with E-state index < -0.39 is 11.5 Å². The molecule has 2 N–H and O–H groups in total. The van der Waals surface area contributed by atoms with Gasteiger partial charge in [0.05, 0.1) is 0 Å². The molecular weight excluding hydrogens is 246 g/mol. The summed E-state index contributed by atoms with van der Waals surface area (Å²) in [6.07, 6.45) is 7.79. The summed E-state index contributed by atoms with van der Waals surface area (Å²) in [6, 6.07) is 0. The number of carbonyl (C=O) groups is 1. The third-order valence-corrected chi connectivity index (χ3v) is 5.25. The minimum atomic E-state index is -0.663. The summed E-state index contributed by atoms with van der Waals surface area (Å²) in [4.78, 5) is 11.5. The lowest BCUT2D eigenvalue weighted by molar-refractivity contribution is -0.146. The molecule has 0 aromatic heterocycles. The van der Waals surface area contributed by atoms with Gasteiger partial charge >= 0.3 is 5.97 Å². The Kier molecular flexibility index (Phi) is 7.08. The first-order valence-corrected chi connectivity index (χ1v) is 8.33. The van der Waals surface area contributed by atoms with E-state index in [4.69, 9.17) is 0 Å². The van der Waals surface area contributed by atoms with Crippen LogP contribution in [0.4, 0.5) is 0 Å². The van der Waals surface area contributed by atoms with Gasteiger partial charge in [-0.1, -0.05) is 26.2 Å². The van der Waals surface area contributed by atoms with Gasteiger partial charge in [0.15, 0.2) is 0 Å². The zero-order valence-corrected chi connectivity index (χ0v) is 12.5. The Balaban J connectivity index is 2.30. The summed E-state index contributed by atoms with van der Waals surface area (Å²) in [5.74, 6) is 1.97. The van der Waals surface area contributed by atoms with Crippen LogP contribution in [0.2, 0.25) is 0 Å². The van der Waals surface area contributed by atoms with E-state index in [1.54, 1.807) is 7.05 Å². The second-order valence-corrected chi connectivity index (χ2v) is 6.45. The third-order valence-electron chi connectivity index (χ3n) is 4.15. The van der Waals surface area contributed by atoms with Crippen molar-refractivity contribution < 1.29 is 9.90 Å². The van der Waals surface area contributed by atoms with E-state index in [2.05, 4.69) is 12.2 Å². The lowest BCUT2D eigenvalue weighted by Gasteiger charge is -2.31. The molecule has 0 aromatic rings. The molecule has 2 atom stereocenters. The van der Waals surface area contributed by atoms with E-state index >= 15 is 0 Å². The molecule has 0 aromatic carbocycles. The van der Waals surface area contributed by atoms with Crippen LogP contribution < -0.4 is 5.32 Å². The van der Waals surface area contributed by atoms with Crippen LogP contribution in [0.5, 0.6) is 0 Å². The van der Waals surface area contributed by atoms with Crippen molar-refractivity contribution in [1.82, 2.24) is 5.32 Å². The first kappa shape index (κ1) is 15.8. The molecule has 0 aliphatic heterocycles. The van der Waals surface area contributed by atoms with Crippen molar-refractivity contribution in [2.75, 3.05) is 18.6 Å². The summed E-state index contributed by atoms with van der Waals surface area (Å²) in [6.45, 7) is 2.22. The summed E-state index contributed by atoms with van der Waals surface area (Å²) < 4.78 is 0. The maximum Gasteiger partial charge on any atom is 0.324 e. The Morgan fingerprint density at radius 1 is 1.44 bits per heavy atom. The highest BCUT2D eigenvalue weighted by Gasteiger charge is 2.47. The average Bonchev–Trinajstić information content (AvgIpc) is 2.77. The molecule has 0 radical (unpaired) electrons. The highest BCUT2D eigenvalue weighted by atomic mass is 32.2. The summed E-state index contributed by atoms with van der Waals surface area (Å²) in [7, 11) is 1.79. The summed E-state index contributed by atoms with van der Waals surface area (Å²) >= 11 is 1.98. The normalized spacial score (nSPS) is 27.6. The van der Waals surface area contributed by atoms with E-state index in [1.807, 2.05) is 11.8 Å². The van der Waals surface area contributed by atoms with Crippen LogP contribution in [-0.4, -0.2) is 35.2 Å². The van der Waals surface area contributed by atoms with Crippen LogP contribution in [0.1, 0.15) is 51.9 Å². The highest BCUT2D eigenvalue weighted by molar-refractivity contribution is 7.99. The third kappa shape index (κ3) is 3.89. The minimum Gasteiger partial charge on any atom is -0.480 e. The molecule has 1 aliphatic rings. The number of rotatable bonds is 9. The van der Waals surface area contributed by atoms with Crippen LogP contribution in [0.15, 0.2) is 0 Å². The second kappa shape index (κ2) is 8.05. The van der Waals surface area contributed by atoms with Crippen LogP contribution in [0, 0.1) is 5.92 Å². The molecule has 106 valence electrons. The van der Waals surface area contributed by atoms with Crippen molar-refractivity contribution in [3.05, 3.63) is 0 Å². The SMILES string of the molecule is CCCCCSCCC1CCCC1(NC)C(=O)O. The molecular formula is C14H27NO2S. The van der Waals surface area contributed by atoms with Crippen LogP contribution >= 0.6 is 11.8 Å². The van der Waals surface area contributed by atoms with Gasteiger partial charge in [-0.3, -0.25) is 4.79 Å². The second-order valence-electron chi connectivity index (χ2n) is 5.22. The molecule has 1 rings (SSSR count). The number of carboxylic acid groups (broad SMARTS) is 1. The number of nitrogens with one attached hydrogen (secondary N) is 1. The molecule has 3 nitrogen and oxygen atoms in total. The number of aliphatic carboxylic acids is 1. The van der Waals surface area contributed by atoms with Gasteiger partial charge in [-0.05, 0) is 50.2 Å². The lowest BCUT2D eigenvalue weighted by Crippen LogP contribution is -2.53. The maximum absolute atomic E-state index is 11.5. The first-order chi connectivity index (χ1) is 8.67. The highest BCUT2D eigenvalue weighted by Crippen LogP contribution is 2.38. The average molecular weight is 273 g/mol. The van der Waals surface area contributed by atoms with Crippen molar-refractivity contribution in [2.45, 2.75) is 57.4 Å². The molecule has 18 heavy (non-hydrogen) atoms. The predicted octanol–water partition coefficient (Wildman–Crippen LogP) is 3.14. The van der Waals surface area contributed by atoms with E-state index in [0.29, 0.717) is 5.92 Å². The Hall–Kier alpha value is -0.220. The lowest BCUT2D eigenvalue weighted by atomic mass is 9.85. The monoisotopic (exact) mass is 273 g/mol. The maximum atomic E-state index is 11.5. The number of unbranched alkanes of at least 4 members (excludes halogenated alkanes) is 2. The Morgan fingerprint density at radius 2 is 2.22 bits per heavy atom. The van der Waals surface area contributed by atoms with Gasteiger partial charge in [-0.25, -0.2) is 0 Å². The summed E-state index contributed by atoms with van der Waals surface area (Å²) in [5.41, 5.74) is -0.649. The quantitative estimate of drug-likeness (QED) is 0.634. The van der Waals surface area contributed by atoms with Gasteiger partial charge in [0.25, 0.3) is 0 Å². The first-order valence-electron chi connectivity index (χ1n) is 7.17. The van der Waals surface area contributed by atoms with E-state index in [1.165, 1.54) is 25.0 Å². The molecule has 2 unspecified atom stereocenters. The zero-order chi connectivity index (χ0) is 13.4. The number of thioether (sulfide) groups is 1. The summed E-state index contributed by atoms with van der Waals surface area (Å²) in [5, 5.41) is 12.5. The fourth-order valence-electron chi connectivity index (χ4n) is 2.97. The number of hydrogen-bond acceptors (Lipinski definition) is 3. The predicted molar refractivity (Wildman–Crippen MR) is 78.2 cm³/mol. The topological polar surface area (TPSA) is 49.3 Å². The van der Waals surface area contributed by atoms with Crippen molar-refractivity contribution in [3.63, 3.8) is 0 Å². The van der Waals surface area contributed by atoms with Crippen LogP contribution in [-0.2, 0) is 4.79 Å². The zero-order valence-electron chi connectivity index (χ0n) is 11.7. The van der Waals surface area contributed by atoms with E-state index in [-0.39, 0.29) is 0 Å². The van der Waals surface area contributed by atoms with Gasteiger partial charge in [-0.15, -0.1) is 0 Å². The fourth-order valence-corrected chi connectivity index (χ4v) is 4.03. The molecule has 4 heteroatoms. The van der Waals surface area contributed by atoms with Crippen molar-refractivity contribution in [1.29, 1.82) is 0 Å². The smallest absolute Gasteiger partial charge is 0.324 e. The van der Waals surface area contributed by atoms with Crippen LogP contribution in [0.3, 0.4) is 0 Å². The van der Waals surface area contributed by atoms with Crippen molar-refractivity contribution >= 4 is 17.7 Å². The van der Waals surface area contributed by atoms with Gasteiger partial charge in [0, 0.05) is 0 Å². The van der Waals surface area contributed by atoms with Crippen molar-refractivity contribution in [3.8, 4) is 0 Å². The molecule has 1 fully saturated rings. The molecule has 1 saturated carbocycles.